The molecule has 0 aliphatic heterocycles. The van der Waals surface area contributed by atoms with Gasteiger partial charge in [-0.2, -0.15) is 0 Å². The SMILES string of the molecule is Cc1ccc(S(=O)(=O)N(C#CC(C)OC(=O)Cc2ccccc2)Cc2ccccc2)cc1. The molecule has 0 fully saturated rings. The zero-order valence-corrected chi connectivity index (χ0v) is 18.9. The van der Waals surface area contributed by atoms with E-state index in [1.807, 2.05) is 67.6 Å². The molecule has 32 heavy (non-hydrogen) atoms. The van der Waals surface area contributed by atoms with Crippen LogP contribution < -0.4 is 0 Å². The number of aryl methyl sites for hydroxylation is 1. The number of hydrogen-bond acceptors (Lipinski definition) is 4. The minimum absolute atomic E-state index is 0.0781. The number of benzene rings is 3. The number of hydrogen-bond donors (Lipinski definition) is 0. The van der Waals surface area contributed by atoms with Gasteiger partial charge in [-0.3, -0.25) is 4.79 Å². The van der Waals surface area contributed by atoms with E-state index in [0.29, 0.717) is 0 Å². The first-order valence-corrected chi connectivity index (χ1v) is 11.7. The summed E-state index contributed by atoms with van der Waals surface area (Å²) in [5.41, 5.74) is 2.60. The van der Waals surface area contributed by atoms with Gasteiger partial charge in [0.2, 0.25) is 0 Å². The molecule has 0 N–H and O–H groups in total. The average Bonchev–Trinajstić information content (AvgIpc) is 2.78. The third kappa shape index (κ3) is 6.47. The Kier molecular flexibility index (Phi) is 7.69. The van der Waals surface area contributed by atoms with Crippen molar-refractivity contribution in [3.8, 4) is 12.0 Å². The first kappa shape index (κ1) is 23.1. The molecule has 0 amide bonds. The Balaban J connectivity index is 1.79. The molecule has 3 aromatic rings. The van der Waals surface area contributed by atoms with Crippen molar-refractivity contribution in [3.05, 3.63) is 102 Å². The van der Waals surface area contributed by atoms with E-state index in [1.165, 1.54) is 0 Å². The predicted octanol–water partition coefficient (Wildman–Crippen LogP) is 4.32. The Morgan fingerprint density at radius 3 is 2.06 bits per heavy atom. The second-order valence-corrected chi connectivity index (χ2v) is 9.22. The fraction of sp³-hybridized carbons (Fsp3) is 0.192. The summed E-state index contributed by atoms with van der Waals surface area (Å²) < 4.78 is 32.9. The molecule has 0 aromatic heterocycles. The first-order valence-electron chi connectivity index (χ1n) is 10.2. The van der Waals surface area contributed by atoms with Crippen LogP contribution in [0.2, 0.25) is 0 Å². The van der Waals surface area contributed by atoms with Crippen LogP contribution in [0.25, 0.3) is 0 Å². The number of sulfonamides is 1. The molecule has 3 aromatic carbocycles. The summed E-state index contributed by atoms with van der Waals surface area (Å²) in [4.78, 5) is 12.3. The maximum atomic E-state index is 13.2. The van der Waals surface area contributed by atoms with Crippen molar-refractivity contribution in [2.45, 2.75) is 37.8 Å². The van der Waals surface area contributed by atoms with Gasteiger partial charge in [-0.15, -0.1) is 0 Å². The van der Waals surface area contributed by atoms with Gasteiger partial charge in [0.25, 0.3) is 10.0 Å². The minimum Gasteiger partial charge on any atom is -0.449 e. The van der Waals surface area contributed by atoms with Crippen LogP contribution in [0, 0.1) is 18.9 Å². The van der Waals surface area contributed by atoms with Crippen LogP contribution >= 0.6 is 0 Å². The molecule has 0 bridgehead atoms. The largest absolute Gasteiger partial charge is 0.449 e. The highest BCUT2D eigenvalue weighted by atomic mass is 32.2. The summed E-state index contributed by atoms with van der Waals surface area (Å²) in [7, 11) is -3.87. The predicted molar refractivity (Wildman–Crippen MR) is 124 cm³/mol. The molecule has 0 aliphatic carbocycles. The number of nitrogens with zero attached hydrogens (tertiary/aromatic N) is 1. The van der Waals surface area contributed by atoms with E-state index in [4.69, 9.17) is 4.74 Å². The number of ether oxygens (including phenoxy) is 1. The lowest BCUT2D eigenvalue weighted by atomic mass is 10.1. The van der Waals surface area contributed by atoms with Gasteiger partial charge in [0, 0.05) is 6.04 Å². The van der Waals surface area contributed by atoms with E-state index < -0.39 is 22.1 Å². The maximum Gasteiger partial charge on any atom is 0.311 e. The van der Waals surface area contributed by atoms with E-state index in [1.54, 1.807) is 31.2 Å². The molecule has 5 nitrogen and oxygen atoms in total. The summed E-state index contributed by atoms with van der Waals surface area (Å²) in [6.45, 7) is 3.59. The highest BCUT2D eigenvalue weighted by molar-refractivity contribution is 7.89. The van der Waals surface area contributed by atoms with Gasteiger partial charge in [-0.1, -0.05) is 78.4 Å². The molecule has 6 heteroatoms. The third-order valence-corrected chi connectivity index (χ3v) is 6.34. The van der Waals surface area contributed by atoms with Crippen LogP contribution in [-0.2, 0) is 32.5 Å². The van der Waals surface area contributed by atoms with Gasteiger partial charge >= 0.3 is 5.97 Å². The van der Waals surface area contributed by atoms with E-state index in [-0.39, 0.29) is 17.9 Å². The second kappa shape index (κ2) is 10.7. The average molecular weight is 448 g/mol. The van der Waals surface area contributed by atoms with Gasteiger partial charge < -0.3 is 4.74 Å². The lowest BCUT2D eigenvalue weighted by molar-refractivity contribution is -0.144. The highest BCUT2D eigenvalue weighted by Crippen LogP contribution is 2.18. The van der Waals surface area contributed by atoms with Crippen molar-refractivity contribution in [1.82, 2.24) is 4.31 Å². The molecule has 164 valence electrons. The molecule has 1 unspecified atom stereocenters. The van der Waals surface area contributed by atoms with E-state index in [0.717, 1.165) is 21.0 Å². The smallest absolute Gasteiger partial charge is 0.311 e. The topological polar surface area (TPSA) is 63.7 Å². The first-order chi connectivity index (χ1) is 15.3. The number of rotatable bonds is 7. The zero-order chi connectivity index (χ0) is 23.0. The van der Waals surface area contributed by atoms with Crippen LogP contribution in [0.5, 0.6) is 0 Å². The highest BCUT2D eigenvalue weighted by Gasteiger charge is 2.22. The summed E-state index contributed by atoms with van der Waals surface area (Å²) >= 11 is 0. The van der Waals surface area contributed by atoms with Crippen LogP contribution in [0.1, 0.15) is 23.6 Å². The molecule has 0 spiro atoms. The van der Waals surface area contributed by atoms with E-state index in [9.17, 15) is 13.2 Å². The molecular formula is C26H25NO4S. The van der Waals surface area contributed by atoms with Crippen molar-refractivity contribution in [2.75, 3.05) is 0 Å². The van der Waals surface area contributed by atoms with Crippen molar-refractivity contribution in [3.63, 3.8) is 0 Å². The van der Waals surface area contributed by atoms with Crippen molar-refractivity contribution < 1.29 is 17.9 Å². The normalized spacial score (nSPS) is 11.7. The van der Waals surface area contributed by atoms with Crippen molar-refractivity contribution >= 4 is 16.0 Å². The molecule has 0 aliphatic rings. The minimum atomic E-state index is -3.87. The number of esters is 1. The molecule has 0 saturated carbocycles. The molecule has 0 radical (unpaired) electrons. The molecule has 1 atom stereocenters. The number of carbonyl (C=O) groups excluding carboxylic acids is 1. The zero-order valence-electron chi connectivity index (χ0n) is 18.1. The van der Waals surface area contributed by atoms with E-state index in [2.05, 4.69) is 12.0 Å². The fourth-order valence-electron chi connectivity index (χ4n) is 2.97. The Morgan fingerprint density at radius 1 is 0.906 bits per heavy atom. The quantitative estimate of drug-likeness (QED) is 0.307. The standard InChI is InChI=1S/C26H25NO4S/c1-21-13-15-25(16-14-21)32(29,30)27(20-24-11-7-4-8-12-24)18-17-22(2)31-26(28)19-23-9-5-3-6-10-23/h3-16,22H,19-20H2,1-2H3. The molecule has 0 saturated heterocycles. The van der Waals surface area contributed by atoms with Crippen LogP contribution in [0.15, 0.2) is 89.8 Å². The Morgan fingerprint density at radius 2 is 1.47 bits per heavy atom. The van der Waals surface area contributed by atoms with Gasteiger partial charge in [-0.05, 0) is 43.0 Å². The summed E-state index contributed by atoms with van der Waals surface area (Å²) in [6.07, 6.45) is -0.639. The monoisotopic (exact) mass is 447 g/mol. The maximum absolute atomic E-state index is 13.2. The van der Waals surface area contributed by atoms with Crippen molar-refractivity contribution in [1.29, 1.82) is 0 Å². The Bertz CT molecular complexity index is 1200. The second-order valence-electron chi connectivity index (χ2n) is 7.36. The Labute approximate surface area is 189 Å². The Hall–Kier alpha value is -3.56. The van der Waals surface area contributed by atoms with Gasteiger partial charge in [0.15, 0.2) is 6.10 Å². The summed E-state index contributed by atoms with van der Waals surface area (Å²) in [6, 6.07) is 27.8. The van der Waals surface area contributed by atoms with Crippen LogP contribution in [0.4, 0.5) is 0 Å². The van der Waals surface area contributed by atoms with Crippen LogP contribution in [0.3, 0.4) is 0 Å². The van der Waals surface area contributed by atoms with E-state index >= 15 is 0 Å². The third-order valence-electron chi connectivity index (χ3n) is 4.67. The number of carbonyl (C=O) groups is 1. The van der Waals surface area contributed by atoms with Crippen molar-refractivity contribution in [2.24, 2.45) is 0 Å². The van der Waals surface area contributed by atoms with Crippen LogP contribution in [-0.4, -0.2) is 24.8 Å². The summed E-state index contributed by atoms with van der Waals surface area (Å²) in [5.74, 6) is 2.34. The fourth-order valence-corrected chi connectivity index (χ4v) is 4.19. The summed E-state index contributed by atoms with van der Waals surface area (Å²) in [5, 5.41) is 0. The molecule has 3 rings (SSSR count). The molecule has 0 heterocycles. The lowest BCUT2D eigenvalue weighted by Crippen LogP contribution is -2.27. The lowest BCUT2D eigenvalue weighted by Gasteiger charge is -2.18. The molecular weight excluding hydrogens is 422 g/mol. The van der Waals surface area contributed by atoms with Gasteiger partial charge in [0.05, 0.1) is 17.9 Å². The van der Waals surface area contributed by atoms with Gasteiger partial charge in [-0.25, -0.2) is 12.7 Å². The van der Waals surface area contributed by atoms with Gasteiger partial charge in [0.1, 0.15) is 0 Å².